The molecule has 1 aliphatic heterocycles. The van der Waals surface area contributed by atoms with E-state index in [0.717, 1.165) is 21.4 Å². The van der Waals surface area contributed by atoms with Gasteiger partial charge in [0.05, 0.1) is 24.4 Å². The van der Waals surface area contributed by atoms with Crippen LogP contribution in [0.25, 0.3) is 10.9 Å². The predicted molar refractivity (Wildman–Crippen MR) is 115 cm³/mol. The third-order valence-electron chi connectivity index (χ3n) is 5.18. The normalized spacial score (nSPS) is 24.6. The molecule has 3 heterocycles. The van der Waals surface area contributed by atoms with Crippen LogP contribution in [0.4, 0.5) is 0 Å². The van der Waals surface area contributed by atoms with Crippen LogP contribution in [0.1, 0.15) is 11.9 Å². The molecule has 1 aromatic carbocycles. The number of fused-ring (bicyclic) bond motifs is 1. The highest BCUT2D eigenvalue weighted by Gasteiger charge is 2.46. The molecule has 0 radical (unpaired) electrons. The van der Waals surface area contributed by atoms with Gasteiger partial charge in [-0.1, -0.05) is 18.2 Å². The van der Waals surface area contributed by atoms with Gasteiger partial charge < -0.3 is 29.6 Å². The largest absolute Gasteiger partial charge is 0.481 e. The molecule has 3 aromatic rings. The highest BCUT2D eigenvalue weighted by Crippen LogP contribution is 2.57. The molecule has 35 heavy (non-hydrogen) atoms. The number of phosphoric acid groups is 2. The summed E-state index contributed by atoms with van der Waals surface area (Å²) in [6.07, 6.45) is -5.47. The molecule has 6 N–H and O–H groups in total. The van der Waals surface area contributed by atoms with E-state index in [1.807, 2.05) is 0 Å². The number of aromatic amines is 1. The van der Waals surface area contributed by atoms with Crippen molar-refractivity contribution in [2.45, 2.75) is 31.1 Å². The van der Waals surface area contributed by atoms with E-state index in [1.165, 1.54) is 0 Å². The van der Waals surface area contributed by atoms with Gasteiger partial charge in [0, 0.05) is 17.6 Å². The molecule has 16 nitrogen and oxygen atoms in total. The molecule has 4 rings (SSSR count). The Morgan fingerprint density at radius 1 is 1.09 bits per heavy atom. The van der Waals surface area contributed by atoms with E-state index in [1.54, 1.807) is 24.3 Å². The van der Waals surface area contributed by atoms with Crippen molar-refractivity contribution in [1.29, 1.82) is 0 Å². The van der Waals surface area contributed by atoms with Crippen molar-refractivity contribution in [3.63, 3.8) is 0 Å². The summed E-state index contributed by atoms with van der Waals surface area (Å²) >= 11 is 0. The Hall–Kier alpha value is -2.49. The third-order valence-corrected chi connectivity index (χ3v) is 7.33. The minimum atomic E-state index is -5.37. The van der Waals surface area contributed by atoms with Gasteiger partial charge >= 0.3 is 21.3 Å². The Kier molecular flexibility index (Phi) is 6.96. The van der Waals surface area contributed by atoms with Crippen LogP contribution in [0.5, 0.6) is 0 Å². The summed E-state index contributed by atoms with van der Waals surface area (Å²) < 4.78 is 37.5. The Balaban J connectivity index is 1.56. The average Bonchev–Trinajstić information content (AvgIpc) is 3.30. The standard InChI is InChI=1S/C17H20N4O12P2/c22-13-5-6-20(17(25)21(13)7-11-9-3-1-2-4-10(9)18-19-11)16-15(24)14(23)12(32-16)8-31-35(29,30)33-34(26,27)28/h1-6,12,14-16,23-24H,7-8H2,(H,18,19)(H,29,30)(H2,26,27,28)/t12-,14+,15+,16-/m1/s1. The molecule has 1 fully saturated rings. The second kappa shape index (κ2) is 9.52. The first-order chi connectivity index (χ1) is 16.4. The molecule has 0 spiro atoms. The lowest BCUT2D eigenvalue weighted by Gasteiger charge is -2.19. The van der Waals surface area contributed by atoms with Crippen molar-refractivity contribution in [3.05, 3.63) is 63.1 Å². The smallest absolute Gasteiger partial charge is 0.387 e. The fourth-order valence-corrected chi connectivity index (χ4v) is 5.18. The molecule has 0 amide bonds. The maximum absolute atomic E-state index is 13.1. The third kappa shape index (κ3) is 5.52. The number of ether oxygens (including phenoxy) is 1. The number of nitrogens with one attached hydrogen (secondary N) is 1. The number of H-pyrrole nitrogens is 1. The number of rotatable bonds is 8. The fourth-order valence-electron chi connectivity index (χ4n) is 3.58. The summed E-state index contributed by atoms with van der Waals surface area (Å²) in [6.45, 7) is -1.15. The number of aliphatic hydroxyl groups is 2. The summed E-state index contributed by atoms with van der Waals surface area (Å²) in [5.41, 5.74) is -0.473. The van der Waals surface area contributed by atoms with E-state index in [0.29, 0.717) is 16.6 Å². The minimum absolute atomic E-state index is 0.214. The Bertz CT molecular complexity index is 1440. The van der Waals surface area contributed by atoms with Crippen molar-refractivity contribution in [2.24, 2.45) is 0 Å². The highest BCUT2D eigenvalue weighted by atomic mass is 31.3. The molecule has 190 valence electrons. The first-order valence-electron chi connectivity index (χ1n) is 9.86. The summed E-state index contributed by atoms with van der Waals surface area (Å²) in [4.78, 5) is 52.1. The number of hydrogen-bond acceptors (Lipinski definition) is 10. The van der Waals surface area contributed by atoms with Gasteiger partial charge in [-0.05, 0) is 6.07 Å². The maximum Gasteiger partial charge on any atom is 0.481 e. The second-order valence-electron chi connectivity index (χ2n) is 7.53. The lowest BCUT2D eigenvalue weighted by atomic mass is 10.1. The fraction of sp³-hybridized carbons (Fsp3) is 0.353. The van der Waals surface area contributed by atoms with E-state index in [-0.39, 0.29) is 6.54 Å². The van der Waals surface area contributed by atoms with Crippen molar-refractivity contribution < 1.29 is 47.6 Å². The van der Waals surface area contributed by atoms with Crippen LogP contribution < -0.4 is 11.2 Å². The first kappa shape index (κ1) is 25.6. The van der Waals surface area contributed by atoms with Gasteiger partial charge in [0.1, 0.15) is 18.3 Å². The lowest BCUT2D eigenvalue weighted by Crippen LogP contribution is -2.43. The molecular formula is C17H20N4O12P2. The molecule has 1 unspecified atom stereocenters. The van der Waals surface area contributed by atoms with Crippen LogP contribution in [0.2, 0.25) is 0 Å². The molecule has 1 saturated heterocycles. The number of aromatic nitrogens is 4. The van der Waals surface area contributed by atoms with Crippen LogP contribution in [0.3, 0.4) is 0 Å². The van der Waals surface area contributed by atoms with Gasteiger partial charge in [-0.2, -0.15) is 9.41 Å². The van der Waals surface area contributed by atoms with Crippen molar-refractivity contribution in [3.8, 4) is 0 Å². The van der Waals surface area contributed by atoms with E-state index in [9.17, 15) is 33.8 Å². The summed E-state index contributed by atoms with van der Waals surface area (Å²) in [7, 11) is -10.6. The number of aliphatic hydroxyl groups excluding tert-OH is 2. The van der Waals surface area contributed by atoms with Crippen LogP contribution in [-0.4, -0.2) is 69.1 Å². The SMILES string of the molecule is O=c1ccn([C@@H]2O[C@H](COP(=O)(O)OP(=O)(O)O)[C@H](O)[C@@H]2O)c(=O)n1Cc1n[nH]c2ccccc12. The van der Waals surface area contributed by atoms with Crippen LogP contribution in [0.15, 0.2) is 46.1 Å². The first-order valence-corrected chi connectivity index (χ1v) is 12.9. The van der Waals surface area contributed by atoms with Gasteiger partial charge in [0.25, 0.3) is 5.56 Å². The highest BCUT2D eigenvalue weighted by molar-refractivity contribution is 7.60. The van der Waals surface area contributed by atoms with E-state index in [2.05, 4.69) is 19.0 Å². The second-order valence-corrected chi connectivity index (χ2v) is 10.4. The van der Waals surface area contributed by atoms with E-state index in [4.69, 9.17) is 14.5 Å². The van der Waals surface area contributed by atoms with Gasteiger partial charge in [-0.3, -0.25) is 23.6 Å². The van der Waals surface area contributed by atoms with Crippen LogP contribution in [0, 0.1) is 0 Å². The van der Waals surface area contributed by atoms with Crippen molar-refractivity contribution >= 4 is 26.5 Å². The van der Waals surface area contributed by atoms with Crippen molar-refractivity contribution in [1.82, 2.24) is 19.3 Å². The summed E-state index contributed by atoms with van der Waals surface area (Å²) in [5, 5.41) is 28.2. The quantitative estimate of drug-likeness (QED) is 0.186. The molecule has 0 bridgehead atoms. The molecule has 18 heteroatoms. The van der Waals surface area contributed by atoms with E-state index >= 15 is 0 Å². The van der Waals surface area contributed by atoms with Gasteiger partial charge in [-0.25, -0.2) is 13.9 Å². The van der Waals surface area contributed by atoms with Crippen molar-refractivity contribution in [2.75, 3.05) is 6.61 Å². The molecule has 0 aliphatic carbocycles. The monoisotopic (exact) mass is 534 g/mol. The maximum atomic E-state index is 13.1. The lowest BCUT2D eigenvalue weighted by molar-refractivity contribution is -0.0547. The number of benzene rings is 1. The minimum Gasteiger partial charge on any atom is -0.387 e. The topological polar surface area (TPSA) is 236 Å². The predicted octanol–water partition coefficient (Wildman–Crippen LogP) is -1.22. The van der Waals surface area contributed by atoms with Gasteiger partial charge in [0.15, 0.2) is 6.23 Å². The Labute approximate surface area is 194 Å². The zero-order valence-corrected chi connectivity index (χ0v) is 19.3. The number of nitrogens with zero attached hydrogens (tertiary/aromatic N) is 3. The number of phosphoric ester groups is 1. The molecular weight excluding hydrogens is 514 g/mol. The van der Waals surface area contributed by atoms with Gasteiger partial charge in [-0.15, -0.1) is 0 Å². The van der Waals surface area contributed by atoms with Gasteiger partial charge in [0.2, 0.25) is 0 Å². The molecule has 5 atom stereocenters. The molecule has 0 saturated carbocycles. The average molecular weight is 534 g/mol. The number of hydrogen-bond donors (Lipinski definition) is 6. The van der Waals surface area contributed by atoms with E-state index < -0.39 is 58.0 Å². The zero-order chi connectivity index (χ0) is 25.5. The summed E-state index contributed by atoms with van der Waals surface area (Å²) in [5.74, 6) is 0. The van der Waals surface area contributed by atoms with Crippen LogP contribution >= 0.6 is 15.6 Å². The molecule has 1 aliphatic rings. The Morgan fingerprint density at radius 2 is 1.80 bits per heavy atom. The Morgan fingerprint density at radius 3 is 2.51 bits per heavy atom. The summed E-state index contributed by atoms with van der Waals surface area (Å²) in [6, 6.07) is 8.10. The zero-order valence-electron chi connectivity index (χ0n) is 17.5. The number of para-hydroxylation sites is 1. The molecule has 2 aromatic heterocycles. The van der Waals surface area contributed by atoms with Crippen LogP contribution in [-0.2, 0) is 29.2 Å².